The molecule has 0 bridgehead atoms. The highest BCUT2D eigenvalue weighted by molar-refractivity contribution is 6.02. The molecule has 1 saturated carbocycles. The van der Waals surface area contributed by atoms with E-state index in [2.05, 4.69) is 10.6 Å². The van der Waals surface area contributed by atoms with Gasteiger partial charge >= 0.3 is 0 Å². The van der Waals surface area contributed by atoms with Crippen molar-refractivity contribution in [3.8, 4) is 16.9 Å². The molecule has 1 aliphatic carbocycles. The van der Waals surface area contributed by atoms with Crippen molar-refractivity contribution < 1.29 is 34.4 Å². The van der Waals surface area contributed by atoms with Gasteiger partial charge in [0, 0.05) is 12.7 Å². The van der Waals surface area contributed by atoms with Gasteiger partial charge in [0.1, 0.15) is 36.7 Å². The van der Waals surface area contributed by atoms with Crippen molar-refractivity contribution in [3.63, 3.8) is 0 Å². The number of amides is 2. The van der Waals surface area contributed by atoms with E-state index in [4.69, 9.17) is 9.47 Å². The van der Waals surface area contributed by atoms with Gasteiger partial charge in [0.05, 0.1) is 5.69 Å². The Kier molecular flexibility index (Phi) is 8.94. The van der Waals surface area contributed by atoms with Crippen LogP contribution < -0.4 is 15.4 Å². The van der Waals surface area contributed by atoms with Gasteiger partial charge in [0.2, 0.25) is 0 Å². The third-order valence-electron chi connectivity index (χ3n) is 6.90. The van der Waals surface area contributed by atoms with E-state index in [-0.39, 0.29) is 6.61 Å². The van der Waals surface area contributed by atoms with Crippen LogP contribution in [0.2, 0.25) is 0 Å². The van der Waals surface area contributed by atoms with Gasteiger partial charge in [0.25, 0.3) is 11.8 Å². The minimum atomic E-state index is -1.73. The second kappa shape index (κ2) is 12.3. The van der Waals surface area contributed by atoms with Crippen LogP contribution in [0, 0.1) is 5.92 Å². The Morgan fingerprint density at radius 1 is 1.08 bits per heavy atom. The van der Waals surface area contributed by atoms with Crippen LogP contribution in [0.5, 0.6) is 5.75 Å². The monoisotopic (exact) mass is 510 g/mol. The molecule has 9 nitrogen and oxygen atoms in total. The average Bonchev–Trinajstić information content (AvgIpc) is 3.38. The van der Waals surface area contributed by atoms with Crippen molar-refractivity contribution in [2.75, 3.05) is 19.0 Å². The Labute approximate surface area is 216 Å². The van der Waals surface area contributed by atoms with Gasteiger partial charge in [-0.3, -0.25) is 9.59 Å². The van der Waals surface area contributed by atoms with Crippen LogP contribution in [0.1, 0.15) is 25.7 Å². The van der Waals surface area contributed by atoms with Crippen LogP contribution in [0.4, 0.5) is 5.69 Å². The van der Waals surface area contributed by atoms with Crippen LogP contribution >= 0.6 is 0 Å². The number of carbonyl (C=O) groups excluding carboxylic acids is 2. The summed E-state index contributed by atoms with van der Waals surface area (Å²) in [5, 5.41) is 36.8. The number of para-hydroxylation sites is 1. The molecule has 1 fully saturated rings. The van der Waals surface area contributed by atoms with Crippen molar-refractivity contribution >= 4 is 17.5 Å². The van der Waals surface area contributed by atoms with Crippen LogP contribution in [-0.4, -0.2) is 71.3 Å². The molecular formula is C28H34N2O7. The van der Waals surface area contributed by atoms with E-state index in [0.29, 0.717) is 17.4 Å². The SMILES string of the molecule is CO[C@@H](C(=O)N[C@H]1COc2cccc(-c3ccccc3)c2NC1=O)[C@H](O)[C@@H](O)[C@H](O)C=CC1CCCC1. The van der Waals surface area contributed by atoms with Crippen molar-refractivity contribution in [2.45, 2.75) is 56.1 Å². The van der Waals surface area contributed by atoms with E-state index >= 15 is 0 Å². The number of carbonyl (C=O) groups is 2. The first-order valence-electron chi connectivity index (χ1n) is 12.6. The molecular weight excluding hydrogens is 476 g/mol. The van der Waals surface area contributed by atoms with E-state index in [0.717, 1.165) is 36.8 Å². The molecule has 9 heteroatoms. The molecule has 5 atom stereocenters. The zero-order valence-corrected chi connectivity index (χ0v) is 20.7. The number of hydrogen-bond donors (Lipinski definition) is 5. The lowest BCUT2D eigenvalue weighted by atomic mass is 9.99. The highest BCUT2D eigenvalue weighted by Crippen LogP contribution is 2.37. The van der Waals surface area contributed by atoms with Crippen molar-refractivity contribution in [1.82, 2.24) is 5.32 Å². The number of rotatable bonds is 9. The van der Waals surface area contributed by atoms with Gasteiger partial charge < -0.3 is 35.4 Å². The Hall–Kier alpha value is -3.24. The van der Waals surface area contributed by atoms with E-state index in [1.807, 2.05) is 48.5 Å². The first-order chi connectivity index (χ1) is 17.9. The van der Waals surface area contributed by atoms with Crippen molar-refractivity contribution in [2.24, 2.45) is 5.92 Å². The van der Waals surface area contributed by atoms with Gasteiger partial charge in [-0.25, -0.2) is 0 Å². The number of ether oxygens (including phenoxy) is 2. The fourth-order valence-corrected chi connectivity index (χ4v) is 4.78. The first-order valence-corrected chi connectivity index (χ1v) is 12.6. The summed E-state index contributed by atoms with van der Waals surface area (Å²) in [4.78, 5) is 26.0. The van der Waals surface area contributed by atoms with Crippen LogP contribution in [0.15, 0.2) is 60.7 Å². The van der Waals surface area contributed by atoms with E-state index in [1.54, 1.807) is 6.07 Å². The van der Waals surface area contributed by atoms with Crippen molar-refractivity contribution in [3.05, 3.63) is 60.7 Å². The number of aliphatic hydroxyl groups is 3. The zero-order chi connectivity index (χ0) is 26.4. The summed E-state index contributed by atoms with van der Waals surface area (Å²) in [5.74, 6) is -0.526. The van der Waals surface area contributed by atoms with Crippen LogP contribution in [0.3, 0.4) is 0 Å². The van der Waals surface area contributed by atoms with Gasteiger partial charge in [-0.2, -0.15) is 0 Å². The fraction of sp³-hybridized carbons (Fsp3) is 0.429. The fourth-order valence-electron chi connectivity index (χ4n) is 4.78. The number of methoxy groups -OCH3 is 1. The first kappa shape index (κ1) is 26.8. The molecule has 1 aliphatic heterocycles. The summed E-state index contributed by atoms with van der Waals surface area (Å²) >= 11 is 0. The lowest BCUT2D eigenvalue weighted by molar-refractivity contribution is -0.150. The molecule has 2 amide bonds. The maximum atomic E-state index is 13.0. The van der Waals surface area contributed by atoms with Crippen LogP contribution in [-0.2, 0) is 14.3 Å². The quantitative estimate of drug-likeness (QED) is 0.326. The summed E-state index contributed by atoms with van der Waals surface area (Å²) in [6, 6.07) is 13.8. The summed E-state index contributed by atoms with van der Waals surface area (Å²) in [6.45, 7) is -0.148. The van der Waals surface area contributed by atoms with Gasteiger partial charge in [0.15, 0.2) is 6.10 Å². The molecule has 2 aromatic carbocycles. The summed E-state index contributed by atoms with van der Waals surface area (Å²) in [5.41, 5.74) is 2.15. The largest absolute Gasteiger partial charge is 0.489 e. The topological polar surface area (TPSA) is 137 Å². The molecule has 2 aromatic rings. The summed E-state index contributed by atoms with van der Waals surface area (Å²) in [7, 11) is 1.20. The molecule has 5 N–H and O–H groups in total. The molecule has 198 valence electrons. The molecule has 0 saturated heterocycles. The third kappa shape index (κ3) is 6.37. The smallest absolute Gasteiger partial charge is 0.252 e. The number of allylic oxidation sites excluding steroid dienone is 1. The zero-order valence-electron chi connectivity index (χ0n) is 20.7. The van der Waals surface area contributed by atoms with E-state index < -0.39 is 42.3 Å². The number of hydrogen-bond acceptors (Lipinski definition) is 7. The van der Waals surface area contributed by atoms with Crippen molar-refractivity contribution in [1.29, 1.82) is 0 Å². The third-order valence-corrected chi connectivity index (χ3v) is 6.90. The predicted molar refractivity (Wildman–Crippen MR) is 138 cm³/mol. The minimum Gasteiger partial charge on any atom is -0.489 e. The highest BCUT2D eigenvalue weighted by atomic mass is 16.5. The van der Waals surface area contributed by atoms with Gasteiger partial charge in [-0.05, 0) is 30.4 Å². The number of anilines is 1. The predicted octanol–water partition coefficient (Wildman–Crippen LogP) is 2.01. The maximum absolute atomic E-state index is 13.0. The normalized spacial score (nSPS) is 21.3. The Bertz CT molecular complexity index is 1100. The molecule has 0 radical (unpaired) electrons. The molecule has 4 rings (SSSR count). The molecule has 1 heterocycles. The molecule has 0 spiro atoms. The van der Waals surface area contributed by atoms with Crippen LogP contribution in [0.25, 0.3) is 11.1 Å². The number of fused-ring (bicyclic) bond motifs is 1. The standard InChI is InChI=1S/C28H34N2O7/c1-36-26(25(33)24(32)21(31)15-14-17-8-5-6-9-17)28(35)29-20-16-37-22-13-7-12-19(23(22)30-27(20)34)18-10-3-2-4-11-18/h2-4,7,10-15,17,20-21,24-26,31-33H,5-6,8-9,16H2,1H3,(H,29,35)(H,30,34)/t20-,21+,24-,25+,26+/m0/s1. The Morgan fingerprint density at radius 2 is 1.81 bits per heavy atom. The Balaban J connectivity index is 1.41. The lowest BCUT2D eigenvalue weighted by Gasteiger charge is -2.28. The Morgan fingerprint density at radius 3 is 2.51 bits per heavy atom. The van der Waals surface area contributed by atoms with E-state index in [1.165, 1.54) is 13.2 Å². The summed E-state index contributed by atoms with van der Waals surface area (Å²) in [6.07, 6.45) is 1.28. The van der Waals surface area contributed by atoms with Gasteiger partial charge in [-0.1, -0.05) is 67.5 Å². The second-order valence-corrected chi connectivity index (χ2v) is 9.46. The maximum Gasteiger partial charge on any atom is 0.252 e. The molecule has 2 aliphatic rings. The minimum absolute atomic E-state index is 0.148. The van der Waals surface area contributed by atoms with E-state index in [9.17, 15) is 24.9 Å². The molecule has 0 aromatic heterocycles. The molecule has 0 unspecified atom stereocenters. The number of benzene rings is 2. The second-order valence-electron chi connectivity index (χ2n) is 9.46. The summed E-state index contributed by atoms with van der Waals surface area (Å²) < 4.78 is 11.0. The number of nitrogens with one attached hydrogen (secondary N) is 2. The lowest BCUT2D eigenvalue weighted by Crippen LogP contribution is -2.56. The number of aliphatic hydroxyl groups excluding tert-OH is 3. The average molecular weight is 511 g/mol. The molecule has 37 heavy (non-hydrogen) atoms. The van der Waals surface area contributed by atoms with Gasteiger partial charge in [-0.15, -0.1) is 0 Å². The highest BCUT2D eigenvalue weighted by Gasteiger charge is 2.37.